The van der Waals surface area contributed by atoms with E-state index in [4.69, 9.17) is 4.74 Å². The lowest BCUT2D eigenvalue weighted by Gasteiger charge is -2.09. The van der Waals surface area contributed by atoms with Crippen LogP contribution >= 0.6 is 0 Å². The van der Waals surface area contributed by atoms with Gasteiger partial charge in [-0.05, 0) is 37.3 Å². The fourth-order valence-corrected chi connectivity index (χ4v) is 2.37. The zero-order valence-electron chi connectivity index (χ0n) is 12.1. The maximum atomic E-state index is 11.7. The molecule has 1 fully saturated rings. The van der Waals surface area contributed by atoms with Crippen molar-refractivity contribution in [1.82, 2.24) is 0 Å². The molecule has 0 bridgehead atoms. The third-order valence-corrected chi connectivity index (χ3v) is 3.46. The molecule has 0 radical (unpaired) electrons. The van der Waals surface area contributed by atoms with Crippen molar-refractivity contribution >= 4 is 23.5 Å². The average Bonchev–Trinajstić information content (AvgIpc) is 2.98. The number of non-ortho nitro benzene ring substituents is 1. The Hall–Kier alpha value is -2.50. The number of nitro benzene ring substituents is 1. The normalized spacial score (nSPS) is 15.1. The number of rotatable bonds is 6. The predicted molar refractivity (Wildman–Crippen MR) is 80.1 cm³/mol. The Morgan fingerprint density at radius 1 is 1.32 bits per heavy atom. The number of carbonyl (C=O) groups excluding carboxylic acids is 2. The summed E-state index contributed by atoms with van der Waals surface area (Å²) in [6.07, 6.45) is 6.18. The van der Waals surface area contributed by atoms with Crippen LogP contribution in [0.15, 0.2) is 30.3 Å². The third kappa shape index (κ3) is 4.80. The maximum absolute atomic E-state index is 11.7. The topological polar surface area (TPSA) is 86.5 Å². The van der Waals surface area contributed by atoms with Crippen LogP contribution < -0.4 is 0 Å². The van der Waals surface area contributed by atoms with Gasteiger partial charge in [0.1, 0.15) is 12.5 Å². The summed E-state index contributed by atoms with van der Waals surface area (Å²) in [7, 11) is 0. The summed E-state index contributed by atoms with van der Waals surface area (Å²) in [6.45, 7) is 0. The fraction of sp³-hybridized carbons (Fsp3) is 0.375. The first-order valence-electron chi connectivity index (χ1n) is 7.19. The maximum Gasteiger partial charge on any atom is 0.313 e. The largest absolute Gasteiger partial charge is 0.462 e. The van der Waals surface area contributed by atoms with Gasteiger partial charge in [-0.15, -0.1) is 0 Å². The molecular weight excluding hydrogens is 286 g/mol. The van der Waals surface area contributed by atoms with Gasteiger partial charge in [0.2, 0.25) is 0 Å². The van der Waals surface area contributed by atoms with Crippen molar-refractivity contribution in [2.75, 3.05) is 0 Å². The molecule has 0 N–H and O–H groups in total. The van der Waals surface area contributed by atoms with Crippen LogP contribution in [0, 0.1) is 10.1 Å². The van der Waals surface area contributed by atoms with Crippen LogP contribution in [0.4, 0.5) is 5.69 Å². The number of allylic oxidation sites excluding steroid dienone is 1. The molecule has 116 valence electrons. The minimum atomic E-state index is -0.513. The molecule has 22 heavy (non-hydrogen) atoms. The molecule has 6 nitrogen and oxygen atoms in total. The summed E-state index contributed by atoms with van der Waals surface area (Å²) in [5.74, 6) is -0.893. The van der Waals surface area contributed by atoms with E-state index < -0.39 is 10.9 Å². The Kier molecular flexibility index (Phi) is 5.41. The molecule has 1 aliphatic rings. The second-order valence-corrected chi connectivity index (χ2v) is 5.22. The van der Waals surface area contributed by atoms with Crippen LogP contribution in [-0.2, 0) is 14.3 Å². The standard InChI is InChI=1S/C16H17NO5/c18-14(11-16(19)22-15-6-1-2-7-15)9-8-12-4-3-5-13(10-12)17(20)21/h3-5,8-10,15H,1-2,6-7,11H2. The van der Waals surface area contributed by atoms with E-state index in [1.165, 1.54) is 30.4 Å². The van der Waals surface area contributed by atoms with E-state index in [9.17, 15) is 19.7 Å². The number of hydrogen-bond acceptors (Lipinski definition) is 5. The zero-order chi connectivity index (χ0) is 15.9. The molecule has 0 spiro atoms. The van der Waals surface area contributed by atoms with Crippen molar-refractivity contribution < 1.29 is 19.2 Å². The molecule has 2 rings (SSSR count). The van der Waals surface area contributed by atoms with Crippen molar-refractivity contribution in [1.29, 1.82) is 0 Å². The summed E-state index contributed by atoms with van der Waals surface area (Å²) >= 11 is 0. The first-order chi connectivity index (χ1) is 10.5. The Morgan fingerprint density at radius 3 is 2.73 bits per heavy atom. The molecule has 0 aromatic heterocycles. The lowest BCUT2D eigenvalue weighted by atomic mass is 10.1. The summed E-state index contributed by atoms with van der Waals surface area (Å²) < 4.78 is 5.20. The van der Waals surface area contributed by atoms with E-state index in [2.05, 4.69) is 0 Å². The van der Waals surface area contributed by atoms with Gasteiger partial charge in [-0.25, -0.2) is 0 Å². The molecule has 0 aliphatic heterocycles. The van der Waals surface area contributed by atoms with E-state index in [1.807, 2.05) is 0 Å². The summed E-state index contributed by atoms with van der Waals surface area (Å²) in [5, 5.41) is 10.7. The van der Waals surface area contributed by atoms with Crippen LogP contribution in [-0.4, -0.2) is 22.8 Å². The van der Waals surface area contributed by atoms with Gasteiger partial charge in [-0.1, -0.05) is 18.2 Å². The SMILES string of the molecule is O=C(C=Cc1cccc([N+](=O)[O-])c1)CC(=O)OC1CCCC1. The number of hydrogen-bond donors (Lipinski definition) is 0. The number of esters is 1. The molecule has 0 heterocycles. The highest BCUT2D eigenvalue weighted by Gasteiger charge is 2.20. The Bertz CT molecular complexity index is 602. The average molecular weight is 303 g/mol. The van der Waals surface area contributed by atoms with Crippen molar-refractivity contribution in [2.24, 2.45) is 0 Å². The highest BCUT2D eigenvalue weighted by Crippen LogP contribution is 2.21. The summed E-state index contributed by atoms with van der Waals surface area (Å²) in [6, 6.07) is 5.92. The third-order valence-electron chi connectivity index (χ3n) is 3.46. The van der Waals surface area contributed by atoms with Crippen molar-refractivity contribution in [3.05, 3.63) is 46.0 Å². The Balaban J connectivity index is 1.86. The molecule has 0 atom stereocenters. The predicted octanol–water partition coefficient (Wildman–Crippen LogP) is 3.05. The van der Waals surface area contributed by atoms with Gasteiger partial charge in [0.15, 0.2) is 5.78 Å². The molecule has 6 heteroatoms. The van der Waals surface area contributed by atoms with Crippen molar-refractivity contribution in [2.45, 2.75) is 38.2 Å². The fourth-order valence-electron chi connectivity index (χ4n) is 2.37. The minimum Gasteiger partial charge on any atom is -0.462 e. The second-order valence-electron chi connectivity index (χ2n) is 5.22. The van der Waals surface area contributed by atoms with E-state index >= 15 is 0 Å². The highest BCUT2D eigenvalue weighted by molar-refractivity contribution is 6.04. The summed E-state index contributed by atoms with van der Waals surface area (Å²) in [4.78, 5) is 33.4. The molecule has 0 saturated heterocycles. The van der Waals surface area contributed by atoms with Crippen molar-refractivity contribution in [3.8, 4) is 0 Å². The molecule has 0 amide bonds. The van der Waals surface area contributed by atoms with Gasteiger partial charge in [-0.3, -0.25) is 19.7 Å². The molecule has 1 saturated carbocycles. The molecule has 1 aromatic carbocycles. The number of ether oxygens (including phenoxy) is 1. The van der Waals surface area contributed by atoms with Crippen molar-refractivity contribution in [3.63, 3.8) is 0 Å². The quantitative estimate of drug-likeness (QED) is 0.265. The van der Waals surface area contributed by atoms with Gasteiger partial charge in [0.05, 0.1) is 4.92 Å². The molecule has 1 aliphatic carbocycles. The van der Waals surface area contributed by atoms with E-state index in [-0.39, 0.29) is 24.0 Å². The summed E-state index contributed by atoms with van der Waals surface area (Å²) in [5.41, 5.74) is 0.488. The monoisotopic (exact) mass is 303 g/mol. The molecular formula is C16H17NO5. The smallest absolute Gasteiger partial charge is 0.313 e. The van der Waals surface area contributed by atoms with Gasteiger partial charge >= 0.3 is 5.97 Å². The first-order valence-corrected chi connectivity index (χ1v) is 7.19. The Morgan fingerprint density at radius 2 is 2.05 bits per heavy atom. The lowest BCUT2D eigenvalue weighted by molar-refractivity contribution is -0.384. The van der Waals surface area contributed by atoms with Gasteiger partial charge in [0.25, 0.3) is 5.69 Å². The first kappa shape index (κ1) is 15.9. The van der Waals surface area contributed by atoms with Gasteiger partial charge in [-0.2, -0.15) is 0 Å². The van der Waals surface area contributed by atoms with E-state index in [1.54, 1.807) is 6.07 Å². The number of nitro groups is 1. The van der Waals surface area contributed by atoms with Crippen LogP contribution in [0.2, 0.25) is 0 Å². The van der Waals surface area contributed by atoms with E-state index in [0.29, 0.717) is 5.56 Å². The number of benzene rings is 1. The van der Waals surface area contributed by atoms with Crippen LogP contribution in [0.5, 0.6) is 0 Å². The number of ketones is 1. The van der Waals surface area contributed by atoms with E-state index in [0.717, 1.165) is 25.7 Å². The van der Waals surface area contributed by atoms with Gasteiger partial charge in [0, 0.05) is 12.1 Å². The number of nitrogens with zero attached hydrogens (tertiary/aromatic N) is 1. The second kappa shape index (κ2) is 7.49. The Labute approximate surface area is 127 Å². The van der Waals surface area contributed by atoms with Crippen LogP contribution in [0.1, 0.15) is 37.7 Å². The van der Waals surface area contributed by atoms with Gasteiger partial charge < -0.3 is 4.74 Å². The lowest BCUT2D eigenvalue weighted by Crippen LogP contribution is -2.16. The molecule has 1 aromatic rings. The highest BCUT2D eigenvalue weighted by atomic mass is 16.6. The van der Waals surface area contributed by atoms with Crippen LogP contribution in [0.3, 0.4) is 0 Å². The number of carbonyl (C=O) groups is 2. The minimum absolute atomic E-state index is 0.0461. The molecule has 0 unspecified atom stereocenters. The van der Waals surface area contributed by atoms with Crippen LogP contribution in [0.25, 0.3) is 6.08 Å². The zero-order valence-corrected chi connectivity index (χ0v) is 12.1.